The first-order valence-corrected chi connectivity index (χ1v) is 6.28. The molecular weight excluding hydrogens is 214 g/mol. The predicted octanol–water partition coefficient (Wildman–Crippen LogP) is 2.04. The molecule has 0 saturated heterocycles. The lowest BCUT2D eigenvalue weighted by Gasteiger charge is -2.05. The number of rotatable bonds is 12. The monoisotopic (exact) mass is 237 g/mol. The Balaban J connectivity index is 2.81. The van der Waals surface area contributed by atoms with Crippen LogP contribution in [0.15, 0.2) is 0 Å². The Bertz CT molecular complexity index is 103. The Morgan fingerprint density at radius 1 is 0.933 bits per heavy atom. The molecule has 0 saturated carbocycles. The average molecular weight is 238 g/mol. The summed E-state index contributed by atoms with van der Waals surface area (Å²) in [6.07, 6.45) is 4.89. The van der Waals surface area contributed by atoms with Crippen LogP contribution in [-0.2, 0) is 9.47 Å². The Labute approximate surface area is 98.5 Å². The summed E-state index contributed by atoms with van der Waals surface area (Å²) in [4.78, 5) is 0. The van der Waals surface area contributed by atoms with Gasteiger partial charge in [-0.3, -0.25) is 0 Å². The van der Waals surface area contributed by atoms with Gasteiger partial charge in [-0.05, 0) is 19.4 Å². The maximum atomic E-state index is 5.58. The molecule has 4 heteroatoms. The fourth-order valence-electron chi connectivity index (χ4n) is 1.21. The van der Waals surface area contributed by atoms with E-state index in [1.807, 2.05) is 0 Å². The van der Waals surface area contributed by atoms with Gasteiger partial charge in [-0.25, -0.2) is 0 Å². The fourth-order valence-corrected chi connectivity index (χ4v) is 1.40. The number of unbranched alkanes of at least 4 members (excludes halogenated alkanes) is 3. The maximum absolute atomic E-state index is 5.58. The van der Waals surface area contributed by atoms with Crippen LogP contribution in [-0.4, -0.2) is 45.9 Å². The second-order valence-corrected chi connectivity index (χ2v) is 3.84. The molecule has 15 heavy (non-hydrogen) atoms. The first-order chi connectivity index (χ1) is 7.41. The van der Waals surface area contributed by atoms with Crippen LogP contribution < -0.4 is 5.32 Å². The summed E-state index contributed by atoms with van der Waals surface area (Å²) in [5.41, 5.74) is 0. The minimum atomic E-state index is 0.679. The Kier molecular flexibility index (Phi) is 14.3. The third-order valence-corrected chi connectivity index (χ3v) is 2.36. The summed E-state index contributed by atoms with van der Waals surface area (Å²) >= 11 is 5.58. The Morgan fingerprint density at radius 2 is 1.73 bits per heavy atom. The second-order valence-electron chi connectivity index (χ2n) is 3.46. The summed E-state index contributed by atoms with van der Waals surface area (Å²) in [6, 6.07) is 0. The van der Waals surface area contributed by atoms with Crippen molar-refractivity contribution in [2.24, 2.45) is 0 Å². The summed E-state index contributed by atoms with van der Waals surface area (Å²) < 4.78 is 10.2. The van der Waals surface area contributed by atoms with Gasteiger partial charge in [0.2, 0.25) is 0 Å². The van der Waals surface area contributed by atoms with Crippen LogP contribution in [0.3, 0.4) is 0 Å². The van der Waals surface area contributed by atoms with Crippen LogP contribution in [0.25, 0.3) is 0 Å². The molecule has 0 bridgehead atoms. The number of hydrogen-bond donors (Lipinski definition) is 1. The van der Waals surface area contributed by atoms with Crippen molar-refractivity contribution in [1.29, 1.82) is 0 Å². The number of hydrogen-bond acceptors (Lipinski definition) is 3. The second kappa shape index (κ2) is 14.2. The van der Waals surface area contributed by atoms with E-state index in [2.05, 4.69) is 5.32 Å². The van der Waals surface area contributed by atoms with Crippen molar-refractivity contribution < 1.29 is 9.47 Å². The van der Waals surface area contributed by atoms with Crippen LogP contribution >= 0.6 is 11.6 Å². The summed E-state index contributed by atoms with van der Waals surface area (Å²) in [5, 5.41) is 3.34. The lowest BCUT2D eigenvalue weighted by molar-refractivity contribution is 0.0720. The molecule has 1 N–H and O–H groups in total. The van der Waals surface area contributed by atoms with E-state index < -0.39 is 0 Å². The fraction of sp³-hybridized carbons (Fsp3) is 1.00. The highest BCUT2D eigenvalue weighted by atomic mass is 35.5. The molecule has 0 aromatic carbocycles. The molecule has 0 unspecified atom stereocenters. The number of ether oxygens (including phenoxy) is 2. The van der Waals surface area contributed by atoms with Crippen molar-refractivity contribution in [1.82, 2.24) is 5.32 Å². The molecule has 0 heterocycles. The van der Waals surface area contributed by atoms with E-state index >= 15 is 0 Å². The van der Waals surface area contributed by atoms with Gasteiger partial charge in [0.15, 0.2) is 0 Å². The van der Waals surface area contributed by atoms with Gasteiger partial charge in [0, 0.05) is 19.5 Å². The third-order valence-electron chi connectivity index (χ3n) is 2.09. The smallest absolute Gasteiger partial charge is 0.0700 e. The molecule has 0 rings (SSSR count). The molecule has 0 atom stereocenters. The first-order valence-electron chi connectivity index (χ1n) is 5.75. The summed E-state index contributed by atoms with van der Waals surface area (Å²) in [5.74, 6) is 0.792. The quantitative estimate of drug-likeness (QED) is 0.416. The van der Waals surface area contributed by atoms with Gasteiger partial charge in [-0.1, -0.05) is 12.8 Å². The first kappa shape index (κ1) is 15.2. The zero-order valence-corrected chi connectivity index (χ0v) is 10.5. The zero-order valence-electron chi connectivity index (χ0n) is 9.77. The van der Waals surface area contributed by atoms with E-state index in [-0.39, 0.29) is 0 Å². The Morgan fingerprint density at radius 3 is 2.47 bits per heavy atom. The predicted molar refractivity (Wildman–Crippen MR) is 64.8 cm³/mol. The van der Waals surface area contributed by atoms with E-state index in [9.17, 15) is 0 Å². The van der Waals surface area contributed by atoms with E-state index in [1.165, 1.54) is 19.3 Å². The molecule has 0 aliphatic carbocycles. The van der Waals surface area contributed by atoms with Gasteiger partial charge in [0.05, 0.1) is 19.8 Å². The van der Waals surface area contributed by atoms with Crippen molar-refractivity contribution in [3.8, 4) is 0 Å². The normalized spacial score (nSPS) is 10.8. The number of halogens is 1. The number of alkyl halides is 1. The average Bonchev–Trinajstić information content (AvgIpc) is 2.26. The van der Waals surface area contributed by atoms with Crippen molar-refractivity contribution in [2.45, 2.75) is 25.7 Å². The van der Waals surface area contributed by atoms with Gasteiger partial charge in [-0.2, -0.15) is 0 Å². The highest BCUT2D eigenvalue weighted by Crippen LogP contribution is 1.99. The van der Waals surface area contributed by atoms with Gasteiger partial charge in [0.25, 0.3) is 0 Å². The lowest BCUT2D eigenvalue weighted by Crippen LogP contribution is -2.21. The standard InChI is InChI=1S/C11H24ClNO2/c1-14-10-11-15-9-8-13-7-5-3-2-4-6-12/h13H,2-11H2,1H3. The third kappa shape index (κ3) is 14.2. The van der Waals surface area contributed by atoms with E-state index in [0.717, 1.165) is 32.0 Å². The molecule has 0 radical (unpaired) electrons. The summed E-state index contributed by atoms with van der Waals surface area (Å²) in [6.45, 7) is 4.15. The highest BCUT2D eigenvalue weighted by molar-refractivity contribution is 6.17. The van der Waals surface area contributed by atoms with Crippen LogP contribution in [0.1, 0.15) is 25.7 Å². The minimum Gasteiger partial charge on any atom is -0.382 e. The van der Waals surface area contributed by atoms with E-state index in [1.54, 1.807) is 7.11 Å². The topological polar surface area (TPSA) is 30.5 Å². The van der Waals surface area contributed by atoms with Crippen molar-refractivity contribution in [3.63, 3.8) is 0 Å². The van der Waals surface area contributed by atoms with Crippen molar-refractivity contribution >= 4 is 11.6 Å². The van der Waals surface area contributed by atoms with Crippen molar-refractivity contribution in [2.75, 3.05) is 45.9 Å². The van der Waals surface area contributed by atoms with Gasteiger partial charge < -0.3 is 14.8 Å². The van der Waals surface area contributed by atoms with Gasteiger partial charge in [0.1, 0.15) is 0 Å². The van der Waals surface area contributed by atoms with Crippen molar-refractivity contribution in [3.05, 3.63) is 0 Å². The maximum Gasteiger partial charge on any atom is 0.0700 e. The zero-order chi connectivity index (χ0) is 11.2. The summed E-state index contributed by atoms with van der Waals surface area (Å²) in [7, 11) is 1.68. The lowest BCUT2D eigenvalue weighted by atomic mass is 10.2. The minimum absolute atomic E-state index is 0.679. The number of methoxy groups -OCH3 is 1. The molecule has 0 spiro atoms. The molecule has 0 fully saturated rings. The number of nitrogens with one attached hydrogen (secondary N) is 1. The van der Waals surface area contributed by atoms with Crippen LogP contribution in [0, 0.1) is 0 Å². The molecule has 0 aromatic heterocycles. The van der Waals surface area contributed by atoms with E-state index in [4.69, 9.17) is 21.1 Å². The van der Waals surface area contributed by atoms with Gasteiger partial charge in [-0.15, -0.1) is 11.6 Å². The Hall–Kier alpha value is 0.170. The molecule has 92 valence electrons. The van der Waals surface area contributed by atoms with Crippen LogP contribution in [0.2, 0.25) is 0 Å². The van der Waals surface area contributed by atoms with E-state index in [0.29, 0.717) is 13.2 Å². The highest BCUT2D eigenvalue weighted by Gasteiger charge is 1.90. The molecule has 0 aliphatic heterocycles. The molecular formula is C11H24ClNO2. The largest absolute Gasteiger partial charge is 0.382 e. The molecule has 3 nitrogen and oxygen atoms in total. The van der Waals surface area contributed by atoms with Crippen LogP contribution in [0.5, 0.6) is 0 Å². The van der Waals surface area contributed by atoms with Crippen LogP contribution in [0.4, 0.5) is 0 Å². The SMILES string of the molecule is COCCOCCNCCCCCCCl. The molecule has 0 aliphatic rings. The molecule has 0 amide bonds. The van der Waals surface area contributed by atoms with Gasteiger partial charge >= 0.3 is 0 Å². The molecule has 0 aromatic rings.